The average molecular weight is 421 g/mol. The van der Waals surface area contributed by atoms with E-state index < -0.39 is 17.7 Å². The van der Waals surface area contributed by atoms with Crippen LogP contribution in [-0.2, 0) is 6.18 Å². The van der Waals surface area contributed by atoms with Gasteiger partial charge in [0, 0.05) is 0 Å². The van der Waals surface area contributed by atoms with E-state index >= 15 is 0 Å². The lowest BCUT2D eigenvalue weighted by Gasteiger charge is -2.13. The topological polar surface area (TPSA) is 104 Å². The van der Waals surface area contributed by atoms with E-state index in [4.69, 9.17) is 14.2 Å². The molecule has 0 spiro atoms. The Morgan fingerprint density at radius 1 is 0.900 bits per heavy atom. The van der Waals surface area contributed by atoms with Gasteiger partial charge in [0.2, 0.25) is 0 Å². The van der Waals surface area contributed by atoms with Crippen LogP contribution in [-0.4, -0.2) is 40.2 Å². The van der Waals surface area contributed by atoms with Gasteiger partial charge in [-0.15, -0.1) is 15.0 Å². The Morgan fingerprint density at radius 3 is 1.97 bits per heavy atom. The fourth-order valence-electron chi connectivity index (χ4n) is 2.56. The molecule has 0 radical (unpaired) electrons. The van der Waals surface area contributed by atoms with Gasteiger partial charge in [-0.3, -0.25) is 0 Å². The number of methoxy groups -OCH3 is 2. The molecule has 0 fully saturated rings. The number of aromatic nitrogens is 3. The summed E-state index contributed by atoms with van der Waals surface area (Å²) in [6.07, 6.45) is -4.50. The van der Waals surface area contributed by atoms with Crippen molar-refractivity contribution >= 4 is 5.97 Å². The third-order valence-corrected chi connectivity index (χ3v) is 3.90. The molecule has 2 aromatic carbocycles. The highest BCUT2D eigenvalue weighted by molar-refractivity contribution is 5.99. The maximum Gasteiger partial charge on any atom is 0.416 e. The van der Waals surface area contributed by atoms with E-state index in [1.807, 2.05) is 0 Å². The largest absolute Gasteiger partial charge is 0.478 e. The molecule has 11 heteroatoms. The van der Waals surface area contributed by atoms with Gasteiger partial charge in [0.15, 0.2) is 0 Å². The van der Waals surface area contributed by atoms with Crippen LogP contribution >= 0.6 is 0 Å². The second-order valence-corrected chi connectivity index (χ2v) is 5.75. The van der Waals surface area contributed by atoms with Crippen molar-refractivity contribution in [1.29, 1.82) is 0 Å². The second kappa shape index (κ2) is 8.23. The SMILES string of the molecule is COc1nc(OC)nc(Oc2cccc(-c3ccc(C(F)(F)F)cc3)c2C(=O)O)n1. The van der Waals surface area contributed by atoms with E-state index in [1.165, 1.54) is 44.6 Å². The smallest absolute Gasteiger partial charge is 0.416 e. The summed E-state index contributed by atoms with van der Waals surface area (Å²) in [6.45, 7) is 0. The number of hydrogen-bond acceptors (Lipinski definition) is 7. The molecule has 0 aliphatic rings. The zero-order chi connectivity index (χ0) is 21.9. The van der Waals surface area contributed by atoms with Crippen LogP contribution in [0.2, 0.25) is 0 Å². The molecule has 1 N–H and O–H groups in total. The Morgan fingerprint density at radius 2 is 1.47 bits per heavy atom. The lowest BCUT2D eigenvalue weighted by atomic mass is 9.98. The molecular weight excluding hydrogens is 407 g/mol. The monoisotopic (exact) mass is 421 g/mol. The van der Waals surface area contributed by atoms with Gasteiger partial charge in [0.1, 0.15) is 11.3 Å². The van der Waals surface area contributed by atoms with Crippen molar-refractivity contribution in [1.82, 2.24) is 15.0 Å². The van der Waals surface area contributed by atoms with Gasteiger partial charge in [0.05, 0.1) is 19.8 Å². The van der Waals surface area contributed by atoms with Gasteiger partial charge in [-0.25, -0.2) is 4.79 Å². The first-order valence-electron chi connectivity index (χ1n) is 8.28. The third kappa shape index (κ3) is 4.40. The Labute approximate surface area is 167 Å². The summed E-state index contributed by atoms with van der Waals surface area (Å²) < 4.78 is 53.8. The molecule has 0 atom stereocenters. The molecule has 0 saturated carbocycles. The number of carboxylic acids is 1. The molecule has 0 saturated heterocycles. The first-order chi connectivity index (χ1) is 14.2. The minimum atomic E-state index is -4.50. The molecular formula is C19H14F3N3O5. The molecule has 3 rings (SSSR count). The first-order valence-corrected chi connectivity index (χ1v) is 8.28. The molecule has 1 heterocycles. The van der Waals surface area contributed by atoms with Crippen molar-refractivity contribution in [2.45, 2.75) is 6.18 Å². The zero-order valence-corrected chi connectivity index (χ0v) is 15.6. The van der Waals surface area contributed by atoms with Crippen molar-refractivity contribution in [2.75, 3.05) is 14.2 Å². The molecule has 8 nitrogen and oxygen atoms in total. The van der Waals surface area contributed by atoms with Crippen molar-refractivity contribution < 1.29 is 37.3 Å². The molecule has 3 aromatic rings. The molecule has 0 unspecified atom stereocenters. The highest BCUT2D eigenvalue weighted by Crippen LogP contribution is 2.35. The summed E-state index contributed by atoms with van der Waals surface area (Å²) in [6, 6.07) is 7.89. The predicted molar refractivity (Wildman–Crippen MR) is 96.8 cm³/mol. The maximum absolute atomic E-state index is 12.8. The lowest BCUT2D eigenvalue weighted by molar-refractivity contribution is -0.137. The van der Waals surface area contributed by atoms with Gasteiger partial charge >= 0.3 is 30.2 Å². The number of benzene rings is 2. The number of alkyl halides is 3. The molecule has 0 aliphatic carbocycles. The van der Waals surface area contributed by atoms with Crippen LogP contribution in [0.3, 0.4) is 0 Å². The Balaban J connectivity index is 2.05. The van der Waals surface area contributed by atoms with E-state index in [0.717, 1.165) is 12.1 Å². The molecule has 1 aromatic heterocycles. The van der Waals surface area contributed by atoms with E-state index in [1.54, 1.807) is 0 Å². The van der Waals surface area contributed by atoms with Crippen LogP contribution in [0.1, 0.15) is 15.9 Å². The molecule has 0 aliphatic heterocycles. The van der Waals surface area contributed by atoms with E-state index in [9.17, 15) is 23.1 Å². The van der Waals surface area contributed by atoms with Gasteiger partial charge < -0.3 is 19.3 Å². The Kier molecular flexibility index (Phi) is 5.72. The second-order valence-electron chi connectivity index (χ2n) is 5.75. The van der Waals surface area contributed by atoms with Crippen LogP contribution < -0.4 is 14.2 Å². The fraction of sp³-hybridized carbons (Fsp3) is 0.158. The highest BCUT2D eigenvalue weighted by atomic mass is 19.4. The van der Waals surface area contributed by atoms with Gasteiger partial charge in [0.25, 0.3) is 0 Å². The minimum Gasteiger partial charge on any atom is -0.478 e. The normalized spacial score (nSPS) is 11.1. The Bertz CT molecular complexity index is 1050. The van der Waals surface area contributed by atoms with Gasteiger partial charge in [-0.2, -0.15) is 13.2 Å². The number of nitrogens with zero attached hydrogens (tertiary/aromatic N) is 3. The first kappa shape index (κ1) is 20.8. The summed E-state index contributed by atoms with van der Waals surface area (Å²) in [5.41, 5.74) is -0.714. The number of ether oxygens (including phenoxy) is 3. The summed E-state index contributed by atoms with van der Waals surface area (Å²) >= 11 is 0. The van der Waals surface area contributed by atoms with E-state index in [-0.39, 0.29) is 40.5 Å². The number of carboxylic acid groups (broad SMARTS) is 1. The van der Waals surface area contributed by atoms with Crippen LogP contribution in [0.4, 0.5) is 13.2 Å². The summed E-state index contributed by atoms with van der Waals surface area (Å²) in [7, 11) is 2.62. The molecule has 30 heavy (non-hydrogen) atoms. The lowest BCUT2D eigenvalue weighted by Crippen LogP contribution is -2.06. The highest BCUT2D eigenvalue weighted by Gasteiger charge is 2.30. The summed E-state index contributed by atoms with van der Waals surface area (Å²) in [4.78, 5) is 23.5. The zero-order valence-electron chi connectivity index (χ0n) is 15.6. The van der Waals surface area contributed by atoms with E-state index in [2.05, 4.69) is 15.0 Å². The predicted octanol–water partition coefficient (Wildman–Crippen LogP) is 4.07. The van der Waals surface area contributed by atoms with Crippen LogP contribution in [0.25, 0.3) is 11.1 Å². The fourth-order valence-corrected chi connectivity index (χ4v) is 2.56. The quantitative estimate of drug-likeness (QED) is 0.635. The van der Waals surface area contributed by atoms with Crippen molar-refractivity contribution in [3.63, 3.8) is 0 Å². The molecule has 156 valence electrons. The Hall–Kier alpha value is -3.89. The number of carbonyl (C=O) groups is 1. The number of hydrogen-bond donors (Lipinski definition) is 1. The van der Waals surface area contributed by atoms with Gasteiger partial charge in [-0.1, -0.05) is 24.3 Å². The van der Waals surface area contributed by atoms with Crippen molar-refractivity contribution in [2.24, 2.45) is 0 Å². The summed E-state index contributed by atoms with van der Waals surface area (Å²) in [5.74, 6) is -1.48. The van der Waals surface area contributed by atoms with Crippen LogP contribution in [0.15, 0.2) is 42.5 Å². The maximum atomic E-state index is 12.8. The van der Waals surface area contributed by atoms with Crippen molar-refractivity contribution in [3.8, 4) is 34.9 Å². The molecule has 0 amide bonds. The third-order valence-electron chi connectivity index (χ3n) is 3.90. The van der Waals surface area contributed by atoms with Crippen molar-refractivity contribution in [3.05, 3.63) is 53.6 Å². The van der Waals surface area contributed by atoms with Crippen LogP contribution in [0.5, 0.6) is 23.8 Å². The average Bonchev–Trinajstić information content (AvgIpc) is 2.72. The summed E-state index contributed by atoms with van der Waals surface area (Å²) in [5, 5.41) is 9.71. The standard InChI is InChI=1S/C19H14F3N3O5/c1-28-16-23-17(29-2)25-18(24-16)30-13-5-3-4-12(14(13)15(26)27)10-6-8-11(9-7-10)19(20,21)22/h3-9H,1-2H3,(H,26,27). The molecule has 0 bridgehead atoms. The van der Waals surface area contributed by atoms with Gasteiger partial charge in [-0.05, 0) is 29.3 Å². The van der Waals surface area contributed by atoms with E-state index in [0.29, 0.717) is 0 Å². The number of aromatic carboxylic acids is 1. The number of rotatable bonds is 6. The minimum absolute atomic E-state index is 0.118. The van der Waals surface area contributed by atoms with Crippen LogP contribution in [0, 0.1) is 0 Å². The number of halogens is 3.